The summed E-state index contributed by atoms with van der Waals surface area (Å²) < 4.78 is 44.5. The first-order valence-electron chi connectivity index (χ1n) is 11.4. The molecular weight excluding hydrogens is 485 g/mol. The molecule has 1 saturated carbocycles. The predicted octanol–water partition coefficient (Wildman–Crippen LogP) is 4.71. The molecule has 1 unspecified atom stereocenters. The number of halogens is 4. The largest absolute Gasteiger partial charge is 0.447 e. The molecule has 5 rings (SSSR count). The summed E-state index contributed by atoms with van der Waals surface area (Å²) in [6, 6.07) is 8.04. The normalized spacial score (nSPS) is 20.5. The molecule has 3 heterocycles. The first-order chi connectivity index (χ1) is 16.2. The van der Waals surface area contributed by atoms with Gasteiger partial charge < -0.3 is 14.5 Å². The van der Waals surface area contributed by atoms with Gasteiger partial charge in [-0.25, -0.2) is 9.78 Å². The van der Waals surface area contributed by atoms with Crippen molar-refractivity contribution < 1.29 is 27.5 Å². The zero-order chi connectivity index (χ0) is 24.0. The zero-order valence-electron chi connectivity index (χ0n) is 19.1. The first-order valence-corrected chi connectivity index (χ1v) is 11.4. The van der Waals surface area contributed by atoms with Crippen molar-refractivity contribution in [3.63, 3.8) is 0 Å². The predicted molar refractivity (Wildman–Crippen MR) is 126 cm³/mol. The highest BCUT2D eigenvalue weighted by molar-refractivity contribution is 5.96. The van der Waals surface area contributed by atoms with E-state index < -0.39 is 17.8 Å². The number of rotatable bonds is 4. The van der Waals surface area contributed by atoms with Crippen molar-refractivity contribution in [2.24, 2.45) is 0 Å². The second kappa shape index (κ2) is 9.56. The van der Waals surface area contributed by atoms with Gasteiger partial charge in [0.1, 0.15) is 12.4 Å². The molecule has 1 aromatic carbocycles. The average molecular weight is 511 g/mol. The molecule has 1 aliphatic carbocycles. The molecular formula is C24H26ClF3N4O3. The second-order valence-electron chi connectivity index (χ2n) is 9.03. The van der Waals surface area contributed by atoms with Crippen molar-refractivity contribution >= 4 is 35.9 Å². The number of ether oxygens (including phenoxy) is 1. The minimum absolute atomic E-state index is 0. The van der Waals surface area contributed by atoms with E-state index in [1.54, 1.807) is 34.1 Å². The van der Waals surface area contributed by atoms with Crippen molar-refractivity contribution in [2.45, 2.75) is 37.9 Å². The van der Waals surface area contributed by atoms with Crippen LogP contribution in [0.1, 0.15) is 47.2 Å². The van der Waals surface area contributed by atoms with Gasteiger partial charge in [0, 0.05) is 43.6 Å². The Morgan fingerprint density at radius 2 is 1.74 bits per heavy atom. The van der Waals surface area contributed by atoms with Gasteiger partial charge in [-0.15, -0.1) is 12.4 Å². The summed E-state index contributed by atoms with van der Waals surface area (Å²) in [6.07, 6.45) is -2.16. The van der Waals surface area contributed by atoms with Crippen LogP contribution in [0.4, 0.5) is 29.5 Å². The number of amides is 2. The number of hydrogen-bond acceptors (Lipinski definition) is 5. The molecule has 2 aliphatic heterocycles. The number of carbonyl (C=O) groups is 2. The van der Waals surface area contributed by atoms with Gasteiger partial charge in [-0.3, -0.25) is 9.69 Å². The van der Waals surface area contributed by atoms with Crippen molar-refractivity contribution in [1.82, 2.24) is 9.88 Å². The van der Waals surface area contributed by atoms with Crippen LogP contribution in [0.2, 0.25) is 0 Å². The van der Waals surface area contributed by atoms with Crippen LogP contribution in [-0.2, 0) is 10.9 Å². The molecule has 1 aromatic heterocycles. The fourth-order valence-electron chi connectivity index (χ4n) is 4.53. The second-order valence-corrected chi connectivity index (χ2v) is 9.03. The maximum Gasteiger partial charge on any atom is 0.417 e. The quantitative estimate of drug-likeness (QED) is 0.596. The Balaban J connectivity index is 0.00000289. The molecule has 0 bridgehead atoms. The van der Waals surface area contributed by atoms with Crippen LogP contribution in [-0.4, -0.2) is 60.7 Å². The summed E-state index contributed by atoms with van der Waals surface area (Å²) in [4.78, 5) is 34.3. The third-order valence-electron chi connectivity index (χ3n) is 6.58. The molecule has 3 fully saturated rings. The number of alkyl halides is 3. The van der Waals surface area contributed by atoms with Gasteiger partial charge in [-0.2, -0.15) is 13.2 Å². The summed E-state index contributed by atoms with van der Waals surface area (Å²) in [5.74, 6) is 0.600. The Morgan fingerprint density at radius 3 is 2.29 bits per heavy atom. The SMILES string of the molecule is CC1COC(=O)N1c1ccc(C(=O)N2CCN(c3ncc(C(F)(F)F)cc3C3CC3)CC2)cc1.Cl. The topological polar surface area (TPSA) is 66.0 Å². The molecule has 2 aromatic rings. The Labute approximate surface area is 207 Å². The van der Waals surface area contributed by atoms with Crippen molar-refractivity contribution in [3.8, 4) is 0 Å². The maximum absolute atomic E-state index is 13.2. The Hall–Kier alpha value is -3.01. The van der Waals surface area contributed by atoms with E-state index in [0.717, 1.165) is 19.0 Å². The van der Waals surface area contributed by atoms with Crippen molar-refractivity contribution in [2.75, 3.05) is 42.6 Å². The lowest BCUT2D eigenvalue weighted by Crippen LogP contribution is -2.49. The number of anilines is 2. The summed E-state index contributed by atoms with van der Waals surface area (Å²) in [5, 5.41) is 0. The Bertz CT molecular complexity index is 1100. The summed E-state index contributed by atoms with van der Waals surface area (Å²) >= 11 is 0. The molecule has 0 spiro atoms. The van der Waals surface area contributed by atoms with E-state index in [4.69, 9.17) is 4.74 Å². The van der Waals surface area contributed by atoms with E-state index in [1.807, 2.05) is 11.8 Å². The van der Waals surface area contributed by atoms with Gasteiger partial charge in [-0.1, -0.05) is 0 Å². The van der Waals surface area contributed by atoms with Gasteiger partial charge in [-0.05, 0) is 61.6 Å². The van der Waals surface area contributed by atoms with E-state index in [1.165, 1.54) is 6.07 Å². The maximum atomic E-state index is 13.2. The molecule has 0 radical (unpaired) electrons. The number of cyclic esters (lactones) is 1. The van der Waals surface area contributed by atoms with Gasteiger partial charge >= 0.3 is 12.3 Å². The van der Waals surface area contributed by atoms with Crippen LogP contribution in [0.3, 0.4) is 0 Å². The van der Waals surface area contributed by atoms with E-state index in [2.05, 4.69) is 4.98 Å². The smallest absolute Gasteiger partial charge is 0.417 e. The monoisotopic (exact) mass is 510 g/mol. The Kier molecular flexibility index (Phi) is 6.86. The number of benzene rings is 1. The lowest BCUT2D eigenvalue weighted by molar-refractivity contribution is -0.137. The number of carbonyl (C=O) groups excluding carboxylic acids is 2. The zero-order valence-corrected chi connectivity index (χ0v) is 19.9. The van der Waals surface area contributed by atoms with Crippen LogP contribution in [0.15, 0.2) is 36.5 Å². The Morgan fingerprint density at radius 1 is 1.09 bits per heavy atom. The van der Waals surface area contributed by atoms with E-state index in [-0.39, 0.29) is 30.3 Å². The highest BCUT2D eigenvalue weighted by Crippen LogP contribution is 2.45. The van der Waals surface area contributed by atoms with Crippen LogP contribution >= 0.6 is 12.4 Å². The summed E-state index contributed by atoms with van der Waals surface area (Å²) in [6.45, 7) is 4.12. The molecule has 2 saturated heterocycles. The molecule has 3 aliphatic rings. The van der Waals surface area contributed by atoms with Crippen LogP contribution < -0.4 is 9.80 Å². The van der Waals surface area contributed by atoms with E-state index in [0.29, 0.717) is 55.4 Å². The van der Waals surface area contributed by atoms with Gasteiger partial charge in [0.25, 0.3) is 5.91 Å². The number of pyridine rings is 1. The summed E-state index contributed by atoms with van der Waals surface area (Å²) in [5.41, 5.74) is 1.13. The lowest BCUT2D eigenvalue weighted by atomic mass is 10.1. The van der Waals surface area contributed by atoms with Crippen LogP contribution in [0, 0.1) is 0 Å². The molecule has 2 amide bonds. The fourth-order valence-corrected chi connectivity index (χ4v) is 4.53. The number of hydrogen-bond donors (Lipinski definition) is 0. The first kappa shape index (κ1) is 25.1. The number of piperazine rings is 1. The standard InChI is InChI=1S/C24H25F3N4O3.ClH/c1-15-14-34-23(33)31(15)19-6-4-17(5-7-19)22(32)30-10-8-29(9-11-30)21-20(16-2-3-16)12-18(13-28-21)24(25,26)27;/h4-7,12-13,15-16H,2-3,8-11,14H2,1H3;1H. The minimum atomic E-state index is -4.41. The molecule has 11 heteroatoms. The molecule has 1 atom stereocenters. The lowest BCUT2D eigenvalue weighted by Gasteiger charge is -2.36. The molecule has 7 nitrogen and oxygen atoms in total. The molecule has 188 valence electrons. The minimum Gasteiger partial charge on any atom is -0.447 e. The van der Waals surface area contributed by atoms with Gasteiger partial charge in [0.15, 0.2) is 0 Å². The van der Waals surface area contributed by atoms with E-state index >= 15 is 0 Å². The highest BCUT2D eigenvalue weighted by Gasteiger charge is 2.36. The summed E-state index contributed by atoms with van der Waals surface area (Å²) in [7, 11) is 0. The highest BCUT2D eigenvalue weighted by atomic mass is 35.5. The third kappa shape index (κ3) is 5.03. The van der Waals surface area contributed by atoms with Crippen molar-refractivity contribution in [1.29, 1.82) is 0 Å². The van der Waals surface area contributed by atoms with Gasteiger partial charge in [0.05, 0.1) is 11.6 Å². The fraction of sp³-hybridized carbons (Fsp3) is 0.458. The van der Waals surface area contributed by atoms with Crippen LogP contribution in [0.5, 0.6) is 0 Å². The average Bonchev–Trinajstić information content (AvgIpc) is 3.62. The van der Waals surface area contributed by atoms with Crippen LogP contribution in [0.25, 0.3) is 0 Å². The number of nitrogens with zero attached hydrogens (tertiary/aromatic N) is 4. The van der Waals surface area contributed by atoms with Gasteiger partial charge in [0.2, 0.25) is 0 Å². The third-order valence-corrected chi connectivity index (χ3v) is 6.58. The van der Waals surface area contributed by atoms with Crippen molar-refractivity contribution in [3.05, 3.63) is 53.2 Å². The van der Waals surface area contributed by atoms with E-state index in [9.17, 15) is 22.8 Å². The molecule has 35 heavy (non-hydrogen) atoms. The number of aromatic nitrogens is 1. The molecule has 0 N–H and O–H groups in total.